The van der Waals surface area contributed by atoms with E-state index in [-0.39, 0.29) is 24.0 Å². The summed E-state index contributed by atoms with van der Waals surface area (Å²) in [6.07, 6.45) is 3.33. The maximum Gasteiger partial charge on any atom is 0.314 e. The van der Waals surface area contributed by atoms with Crippen molar-refractivity contribution >= 4 is 21.8 Å². The Labute approximate surface area is 125 Å². The van der Waals surface area contributed by atoms with Crippen LogP contribution in [0.5, 0.6) is 0 Å². The Bertz CT molecular complexity index is 463. The fraction of sp³-hybridized carbons (Fsp3) is 0.846. The van der Waals surface area contributed by atoms with Crippen LogP contribution in [0.2, 0.25) is 0 Å². The van der Waals surface area contributed by atoms with E-state index in [0.717, 1.165) is 19.3 Å². The number of hydrogen-bond acceptors (Lipinski definition) is 4. The molecule has 0 spiro atoms. The number of carbonyl (C=O) groups is 2. The van der Waals surface area contributed by atoms with E-state index in [1.165, 1.54) is 0 Å². The Kier molecular flexibility index (Phi) is 6.94. The summed E-state index contributed by atoms with van der Waals surface area (Å²) in [6.45, 7) is 1.93. The lowest BCUT2D eigenvalue weighted by atomic mass is 9.79. The monoisotopic (exact) mass is 320 g/mol. The zero-order valence-corrected chi connectivity index (χ0v) is 13.1. The third-order valence-corrected chi connectivity index (χ3v) is 5.60. The molecule has 0 saturated heterocycles. The number of carbonyl (C=O) groups excluding carboxylic acids is 1. The summed E-state index contributed by atoms with van der Waals surface area (Å²) in [5.41, 5.74) is 0. The molecule has 1 aliphatic carbocycles. The first-order chi connectivity index (χ1) is 9.85. The van der Waals surface area contributed by atoms with Crippen LogP contribution in [0, 0.1) is 11.8 Å². The van der Waals surface area contributed by atoms with Gasteiger partial charge in [-0.2, -0.15) is 0 Å². The standard InChI is InChI=1S/C13H24N2O5S/c1-2-21(19,20)8-7-14-13(18)15-9-10-5-3-4-6-11(10)12(16)17/h10-11H,2-9H2,1H3,(H,16,17)(H2,14,15,18). The number of nitrogens with one attached hydrogen (secondary N) is 2. The minimum atomic E-state index is -3.09. The van der Waals surface area contributed by atoms with Gasteiger partial charge < -0.3 is 15.7 Å². The van der Waals surface area contributed by atoms with Gasteiger partial charge in [0, 0.05) is 18.8 Å². The molecule has 3 N–H and O–H groups in total. The highest BCUT2D eigenvalue weighted by Crippen LogP contribution is 2.29. The molecule has 0 aromatic carbocycles. The molecule has 1 aliphatic rings. The minimum absolute atomic E-state index is 0.0542. The molecule has 21 heavy (non-hydrogen) atoms. The highest BCUT2D eigenvalue weighted by molar-refractivity contribution is 7.91. The minimum Gasteiger partial charge on any atom is -0.481 e. The molecule has 0 aliphatic heterocycles. The van der Waals surface area contributed by atoms with Gasteiger partial charge in [-0.05, 0) is 18.8 Å². The molecular formula is C13H24N2O5S. The maximum absolute atomic E-state index is 11.6. The summed E-state index contributed by atoms with van der Waals surface area (Å²) < 4.78 is 22.5. The molecule has 1 saturated carbocycles. The number of carboxylic acids is 1. The molecule has 0 aromatic rings. The van der Waals surface area contributed by atoms with Crippen LogP contribution in [0.25, 0.3) is 0 Å². The Morgan fingerprint density at radius 1 is 1.19 bits per heavy atom. The molecule has 2 unspecified atom stereocenters. The van der Waals surface area contributed by atoms with Crippen molar-refractivity contribution in [1.29, 1.82) is 0 Å². The second-order valence-corrected chi connectivity index (χ2v) is 7.84. The fourth-order valence-corrected chi connectivity index (χ4v) is 3.23. The lowest BCUT2D eigenvalue weighted by Gasteiger charge is -2.28. The molecule has 1 rings (SSSR count). The molecule has 0 heterocycles. The van der Waals surface area contributed by atoms with Crippen LogP contribution in [-0.2, 0) is 14.6 Å². The van der Waals surface area contributed by atoms with E-state index in [9.17, 15) is 18.0 Å². The van der Waals surface area contributed by atoms with E-state index in [1.807, 2.05) is 0 Å². The van der Waals surface area contributed by atoms with E-state index in [2.05, 4.69) is 10.6 Å². The molecule has 2 atom stereocenters. The van der Waals surface area contributed by atoms with Crippen molar-refractivity contribution in [2.24, 2.45) is 11.8 Å². The van der Waals surface area contributed by atoms with Crippen LogP contribution >= 0.6 is 0 Å². The van der Waals surface area contributed by atoms with Crippen LogP contribution in [0.1, 0.15) is 32.6 Å². The maximum atomic E-state index is 11.6. The molecular weight excluding hydrogens is 296 g/mol. The topological polar surface area (TPSA) is 113 Å². The average Bonchev–Trinajstić information content (AvgIpc) is 2.45. The molecule has 122 valence electrons. The number of hydrogen-bond donors (Lipinski definition) is 3. The quantitative estimate of drug-likeness (QED) is 0.636. The van der Waals surface area contributed by atoms with Crippen molar-refractivity contribution in [1.82, 2.24) is 10.6 Å². The van der Waals surface area contributed by atoms with Gasteiger partial charge in [-0.1, -0.05) is 19.8 Å². The first-order valence-electron chi connectivity index (χ1n) is 7.30. The predicted octanol–water partition coefficient (Wildman–Crippen LogP) is 0.611. The van der Waals surface area contributed by atoms with Crippen molar-refractivity contribution < 1.29 is 23.1 Å². The van der Waals surface area contributed by atoms with Crippen LogP contribution in [0.3, 0.4) is 0 Å². The summed E-state index contributed by atoms with van der Waals surface area (Å²) in [6, 6.07) is -0.448. The summed E-state index contributed by atoms with van der Waals surface area (Å²) in [5, 5.41) is 14.3. The van der Waals surface area contributed by atoms with Crippen molar-refractivity contribution in [2.75, 3.05) is 24.6 Å². The smallest absolute Gasteiger partial charge is 0.314 e. The van der Waals surface area contributed by atoms with Gasteiger partial charge in [0.15, 0.2) is 9.84 Å². The van der Waals surface area contributed by atoms with Gasteiger partial charge in [0.05, 0.1) is 11.7 Å². The van der Waals surface area contributed by atoms with Crippen molar-refractivity contribution in [3.05, 3.63) is 0 Å². The molecule has 8 heteroatoms. The van der Waals surface area contributed by atoms with Crippen molar-refractivity contribution in [2.45, 2.75) is 32.6 Å². The zero-order chi connectivity index (χ0) is 15.9. The van der Waals surface area contributed by atoms with Crippen LogP contribution in [-0.4, -0.2) is 50.1 Å². The lowest BCUT2D eigenvalue weighted by molar-refractivity contribution is -0.144. The van der Waals surface area contributed by atoms with Crippen molar-refractivity contribution in [3.63, 3.8) is 0 Å². The number of rotatable bonds is 7. The first kappa shape index (κ1) is 17.7. The largest absolute Gasteiger partial charge is 0.481 e. The van der Waals surface area contributed by atoms with E-state index in [1.54, 1.807) is 6.92 Å². The molecule has 0 aromatic heterocycles. The fourth-order valence-electron chi connectivity index (χ4n) is 2.53. The SMILES string of the molecule is CCS(=O)(=O)CCNC(=O)NCC1CCCCC1C(=O)O. The van der Waals surface area contributed by atoms with Crippen molar-refractivity contribution in [3.8, 4) is 0 Å². The van der Waals surface area contributed by atoms with E-state index in [0.29, 0.717) is 13.0 Å². The number of sulfone groups is 1. The lowest BCUT2D eigenvalue weighted by Crippen LogP contribution is -2.43. The third-order valence-electron chi connectivity index (χ3n) is 3.89. The van der Waals surface area contributed by atoms with Crippen LogP contribution < -0.4 is 10.6 Å². The average molecular weight is 320 g/mol. The van der Waals surface area contributed by atoms with Gasteiger partial charge in [0.2, 0.25) is 0 Å². The Morgan fingerprint density at radius 2 is 1.86 bits per heavy atom. The van der Waals surface area contributed by atoms with Crippen LogP contribution in [0.15, 0.2) is 0 Å². The summed E-state index contributed by atoms with van der Waals surface area (Å²) >= 11 is 0. The first-order valence-corrected chi connectivity index (χ1v) is 9.12. The highest BCUT2D eigenvalue weighted by Gasteiger charge is 2.30. The number of amides is 2. The van der Waals surface area contributed by atoms with Gasteiger partial charge in [-0.3, -0.25) is 4.79 Å². The van der Waals surface area contributed by atoms with Gasteiger partial charge in [-0.25, -0.2) is 13.2 Å². The van der Waals surface area contributed by atoms with E-state index >= 15 is 0 Å². The van der Waals surface area contributed by atoms with Gasteiger partial charge in [-0.15, -0.1) is 0 Å². The Hall–Kier alpha value is -1.31. The van der Waals surface area contributed by atoms with E-state index in [4.69, 9.17) is 5.11 Å². The summed E-state index contributed by atoms with van der Waals surface area (Å²) in [7, 11) is -3.09. The number of aliphatic carboxylic acids is 1. The molecule has 0 bridgehead atoms. The molecule has 0 radical (unpaired) electrons. The Balaban J connectivity index is 2.30. The van der Waals surface area contributed by atoms with Gasteiger partial charge in [0.25, 0.3) is 0 Å². The predicted molar refractivity (Wildman–Crippen MR) is 78.8 cm³/mol. The molecule has 1 fully saturated rings. The third kappa shape index (κ3) is 6.33. The Morgan fingerprint density at radius 3 is 2.48 bits per heavy atom. The normalized spacial score (nSPS) is 22.5. The van der Waals surface area contributed by atoms with Crippen LogP contribution in [0.4, 0.5) is 4.79 Å². The molecule has 7 nitrogen and oxygen atoms in total. The number of urea groups is 1. The zero-order valence-electron chi connectivity index (χ0n) is 12.3. The summed E-state index contributed by atoms with van der Waals surface area (Å²) in [5.74, 6) is -1.30. The number of carboxylic acid groups (broad SMARTS) is 1. The van der Waals surface area contributed by atoms with Gasteiger partial charge in [0.1, 0.15) is 0 Å². The van der Waals surface area contributed by atoms with E-state index < -0.39 is 27.8 Å². The second kappa shape index (κ2) is 8.21. The van der Waals surface area contributed by atoms with Gasteiger partial charge >= 0.3 is 12.0 Å². The molecule has 2 amide bonds. The highest BCUT2D eigenvalue weighted by atomic mass is 32.2. The summed E-state index contributed by atoms with van der Waals surface area (Å²) in [4.78, 5) is 22.7. The second-order valence-electron chi connectivity index (χ2n) is 5.36.